The van der Waals surface area contributed by atoms with Gasteiger partial charge in [0.05, 0.1) is 0 Å². The lowest BCUT2D eigenvalue weighted by atomic mass is 9.97. The Hall–Kier alpha value is -3.35. The SMILES string of the molecule is CC(C)C[C@@H](NC(=O)CCC(C)(C)NC(=O)OCC1c2ccccc2-c2ccccc21)C(=O)O. The lowest BCUT2D eigenvalue weighted by Crippen LogP contribution is -2.46. The van der Waals surface area contributed by atoms with E-state index < -0.39 is 23.6 Å². The first-order chi connectivity index (χ1) is 16.1. The van der Waals surface area contributed by atoms with Crippen molar-refractivity contribution in [3.8, 4) is 11.1 Å². The maximum absolute atomic E-state index is 12.6. The summed E-state index contributed by atoms with van der Waals surface area (Å²) in [5.41, 5.74) is 3.91. The minimum Gasteiger partial charge on any atom is -0.480 e. The molecule has 3 N–H and O–H groups in total. The fourth-order valence-corrected chi connectivity index (χ4v) is 4.36. The second-order valence-corrected chi connectivity index (χ2v) is 9.92. The largest absolute Gasteiger partial charge is 0.480 e. The molecule has 1 atom stereocenters. The Bertz CT molecular complexity index is 1000. The van der Waals surface area contributed by atoms with Crippen molar-refractivity contribution in [2.75, 3.05) is 6.61 Å². The number of aliphatic carboxylic acids is 1. The van der Waals surface area contributed by atoms with Crippen LogP contribution in [0.5, 0.6) is 0 Å². The van der Waals surface area contributed by atoms with Crippen LogP contribution in [-0.4, -0.2) is 41.3 Å². The molecule has 0 fully saturated rings. The molecule has 0 bridgehead atoms. The van der Waals surface area contributed by atoms with E-state index in [1.54, 1.807) is 0 Å². The van der Waals surface area contributed by atoms with Crippen LogP contribution in [-0.2, 0) is 14.3 Å². The Morgan fingerprint density at radius 3 is 2.09 bits per heavy atom. The van der Waals surface area contributed by atoms with Crippen molar-refractivity contribution >= 4 is 18.0 Å². The van der Waals surface area contributed by atoms with Gasteiger partial charge >= 0.3 is 12.1 Å². The fourth-order valence-electron chi connectivity index (χ4n) is 4.36. The number of carbonyl (C=O) groups is 3. The molecule has 1 aliphatic carbocycles. The lowest BCUT2D eigenvalue weighted by molar-refractivity contribution is -0.142. The summed E-state index contributed by atoms with van der Waals surface area (Å²) in [5.74, 6) is -1.28. The molecule has 2 amide bonds. The quantitative estimate of drug-likeness (QED) is 0.471. The number of rotatable bonds is 10. The number of amides is 2. The van der Waals surface area contributed by atoms with Gasteiger partial charge in [0.15, 0.2) is 0 Å². The van der Waals surface area contributed by atoms with E-state index in [1.807, 2.05) is 52.0 Å². The Balaban J connectivity index is 1.52. The van der Waals surface area contributed by atoms with Crippen molar-refractivity contribution in [1.82, 2.24) is 10.6 Å². The van der Waals surface area contributed by atoms with Crippen LogP contribution in [0.25, 0.3) is 11.1 Å². The van der Waals surface area contributed by atoms with Gasteiger partial charge in [0, 0.05) is 17.9 Å². The topological polar surface area (TPSA) is 105 Å². The van der Waals surface area contributed by atoms with E-state index in [0.717, 1.165) is 22.3 Å². The number of alkyl carbamates (subject to hydrolysis) is 1. The summed E-state index contributed by atoms with van der Waals surface area (Å²) >= 11 is 0. The maximum atomic E-state index is 12.6. The van der Waals surface area contributed by atoms with E-state index >= 15 is 0 Å². The predicted molar refractivity (Wildman–Crippen MR) is 131 cm³/mol. The Morgan fingerprint density at radius 2 is 1.56 bits per heavy atom. The first-order valence-electron chi connectivity index (χ1n) is 11.7. The van der Waals surface area contributed by atoms with Crippen LogP contribution in [0, 0.1) is 5.92 Å². The summed E-state index contributed by atoms with van der Waals surface area (Å²) in [6.07, 6.45) is 0.258. The molecular formula is C27H34N2O5. The first-order valence-corrected chi connectivity index (χ1v) is 11.7. The molecule has 34 heavy (non-hydrogen) atoms. The van der Waals surface area contributed by atoms with E-state index in [0.29, 0.717) is 12.8 Å². The average molecular weight is 467 g/mol. The van der Waals surface area contributed by atoms with Crippen LogP contribution in [0.15, 0.2) is 48.5 Å². The standard InChI is InChI=1S/C27H34N2O5/c1-17(2)15-23(25(31)32)28-24(30)13-14-27(3,4)29-26(33)34-16-22-20-11-7-5-9-18(20)19-10-6-8-12-21(19)22/h5-12,17,22-23H,13-16H2,1-4H3,(H,28,30)(H,29,33)(H,31,32)/t23-/m1/s1. The second kappa shape index (κ2) is 10.7. The zero-order chi connectivity index (χ0) is 24.9. The molecule has 7 nitrogen and oxygen atoms in total. The average Bonchev–Trinajstić information content (AvgIpc) is 3.09. The number of carbonyl (C=O) groups excluding carboxylic acids is 2. The van der Waals surface area contributed by atoms with Crippen molar-refractivity contribution < 1.29 is 24.2 Å². The van der Waals surface area contributed by atoms with E-state index in [1.165, 1.54) is 0 Å². The Morgan fingerprint density at radius 1 is 1.00 bits per heavy atom. The molecule has 0 aromatic heterocycles. The maximum Gasteiger partial charge on any atom is 0.407 e. The Kier molecular flexibility index (Phi) is 7.97. The number of nitrogens with one attached hydrogen (secondary N) is 2. The van der Waals surface area contributed by atoms with Gasteiger partial charge < -0.3 is 20.5 Å². The van der Waals surface area contributed by atoms with Gasteiger partial charge in [-0.05, 0) is 54.9 Å². The molecule has 3 rings (SSSR count). The van der Waals surface area contributed by atoms with Crippen LogP contribution >= 0.6 is 0 Å². The normalized spacial score (nSPS) is 13.7. The number of hydrogen-bond acceptors (Lipinski definition) is 4. The number of carboxylic acid groups (broad SMARTS) is 1. The zero-order valence-corrected chi connectivity index (χ0v) is 20.3. The van der Waals surface area contributed by atoms with Gasteiger partial charge in [-0.25, -0.2) is 9.59 Å². The van der Waals surface area contributed by atoms with Crippen molar-refractivity contribution in [3.05, 3.63) is 59.7 Å². The molecule has 2 aromatic rings. The monoisotopic (exact) mass is 466 g/mol. The number of fused-ring (bicyclic) bond motifs is 3. The van der Waals surface area contributed by atoms with Gasteiger partial charge in [0.1, 0.15) is 12.6 Å². The third-order valence-electron chi connectivity index (χ3n) is 6.10. The number of benzene rings is 2. The lowest BCUT2D eigenvalue weighted by Gasteiger charge is -2.26. The van der Waals surface area contributed by atoms with Gasteiger partial charge in [-0.2, -0.15) is 0 Å². The molecule has 0 radical (unpaired) electrons. The molecule has 0 saturated heterocycles. The molecule has 1 aliphatic rings. The molecule has 7 heteroatoms. The van der Waals surface area contributed by atoms with Crippen LogP contribution in [0.2, 0.25) is 0 Å². The summed E-state index contributed by atoms with van der Waals surface area (Å²) in [7, 11) is 0. The van der Waals surface area contributed by atoms with Gasteiger partial charge in [-0.15, -0.1) is 0 Å². The first kappa shape index (κ1) is 25.3. The second-order valence-electron chi connectivity index (χ2n) is 9.92. The summed E-state index contributed by atoms with van der Waals surface area (Å²) in [4.78, 5) is 36.2. The zero-order valence-electron chi connectivity index (χ0n) is 20.3. The molecule has 182 valence electrons. The Labute approximate surface area is 200 Å². The van der Waals surface area contributed by atoms with E-state index in [-0.39, 0.29) is 30.8 Å². The van der Waals surface area contributed by atoms with Crippen molar-refractivity contribution in [2.45, 2.75) is 64.5 Å². The molecular weight excluding hydrogens is 432 g/mol. The summed E-state index contributed by atoms with van der Waals surface area (Å²) in [6.45, 7) is 7.65. The van der Waals surface area contributed by atoms with Gasteiger partial charge in [0.2, 0.25) is 5.91 Å². The van der Waals surface area contributed by atoms with E-state index in [9.17, 15) is 19.5 Å². The third kappa shape index (κ3) is 6.37. The van der Waals surface area contributed by atoms with Crippen LogP contribution in [0.3, 0.4) is 0 Å². The smallest absolute Gasteiger partial charge is 0.407 e. The predicted octanol–water partition coefficient (Wildman–Crippen LogP) is 4.70. The van der Waals surface area contributed by atoms with Crippen molar-refractivity contribution in [3.63, 3.8) is 0 Å². The fraction of sp³-hybridized carbons (Fsp3) is 0.444. The van der Waals surface area contributed by atoms with Crippen LogP contribution in [0.4, 0.5) is 4.79 Å². The molecule has 2 aromatic carbocycles. The highest BCUT2D eigenvalue weighted by Gasteiger charge is 2.30. The highest BCUT2D eigenvalue weighted by Crippen LogP contribution is 2.44. The molecule has 0 heterocycles. The highest BCUT2D eigenvalue weighted by atomic mass is 16.5. The summed E-state index contributed by atoms with van der Waals surface area (Å²) in [5, 5.41) is 14.7. The van der Waals surface area contributed by atoms with Gasteiger partial charge in [-0.1, -0.05) is 62.4 Å². The third-order valence-corrected chi connectivity index (χ3v) is 6.10. The minimum atomic E-state index is -1.04. The molecule has 0 unspecified atom stereocenters. The van der Waals surface area contributed by atoms with E-state index in [4.69, 9.17) is 4.74 Å². The number of ether oxygens (including phenoxy) is 1. The summed E-state index contributed by atoms with van der Waals surface area (Å²) < 4.78 is 5.59. The van der Waals surface area contributed by atoms with Crippen LogP contribution < -0.4 is 10.6 Å². The molecule has 0 saturated carbocycles. The van der Waals surface area contributed by atoms with Gasteiger partial charge in [0.25, 0.3) is 0 Å². The molecule has 0 aliphatic heterocycles. The number of hydrogen-bond donors (Lipinski definition) is 3. The van der Waals surface area contributed by atoms with Crippen molar-refractivity contribution in [1.29, 1.82) is 0 Å². The van der Waals surface area contributed by atoms with Gasteiger partial charge in [-0.3, -0.25) is 4.79 Å². The summed E-state index contributed by atoms with van der Waals surface area (Å²) in [6, 6.07) is 15.4. The van der Waals surface area contributed by atoms with E-state index in [2.05, 4.69) is 34.9 Å². The highest BCUT2D eigenvalue weighted by molar-refractivity contribution is 5.83. The number of carboxylic acids is 1. The van der Waals surface area contributed by atoms with Crippen LogP contribution in [0.1, 0.15) is 64.0 Å². The van der Waals surface area contributed by atoms with Crippen molar-refractivity contribution in [2.24, 2.45) is 5.92 Å². The molecule has 0 spiro atoms. The minimum absolute atomic E-state index is 0.0269.